The quantitative estimate of drug-likeness (QED) is 0.871. The first-order valence-corrected chi connectivity index (χ1v) is 8.75. The summed E-state index contributed by atoms with van der Waals surface area (Å²) in [5, 5.41) is 8.09. The van der Waals surface area contributed by atoms with E-state index in [0.29, 0.717) is 10.7 Å². The number of hydrogen-bond donors (Lipinski definition) is 2. The Morgan fingerprint density at radius 1 is 1.21 bits per heavy atom. The van der Waals surface area contributed by atoms with Gasteiger partial charge in [0.25, 0.3) is 5.91 Å². The molecule has 1 heterocycles. The first-order valence-electron chi connectivity index (χ1n) is 7.87. The molecule has 0 fully saturated rings. The number of rotatable bonds is 5. The topological polar surface area (TPSA) is 71.1 Å². The maximum atomic E-state index is 12.1. The van der Waals surface area contributed by atoms with Crippen molar-refractivity contribution < 1.29 is 9.59 Å². The summed E-state index contributed by atoms with van der Waals surface area (Å²) >= 11 is 1.41. The van der Waals surface area contributed by atoms with E-state index in [4.69, 9.17) is 0 Å². The van der Waals surface area contributed by atoms with Crippen molar-refractivity contribution >= 4 is 28.3 Å². The fourth-order valence-electron chi connectivity index (χ4n) is 2.07. The van der Waals surface area contributed by atoms with E-state index < -0.39 is 0 Å². The molecule has 2 amide bonds. The second-order valence-corrected chi connectivity index (χ2v) is 7.52. The molecule has 0 saturated heterocycles. The Balaban J connectivity index is 1.80. The number of benzene rings is 1. The van der Waals surface area contributed by atoms with Gasteiger partial charge in [-0.25, -0.2) is 4.98 Å². The molecule has 1 aromatic carbocycles. The number of aryl methyl sites for hydroxylation is 1. The third-order valence-corrected chi connectivity index (χ3v) is 4.30. The van der Waals surface area contributed by atoms with Crippen LogP contribution in [-0.2, 0) is 10.2 Å². The van der Waals surface area contributed by atoms with Crippen molar-refractivity contribution in [2.24, 2.45) is 0 Å². The van der Waals surface area contributed by atoms with Crippen LogP contribution in [0.5, 0.6) is 0 Å². The van der Waals surface area contributed by atoms with Crippen LogP contribution in [-0.4, -0.2) is 23.3 Å². The standard InChI is InChI=1S/C18H23N3O2S/c1-12-7-5-6-8-13(12)16(23)19-10-9-15(22)21-17-20-14(11-24-17)18(2,3)4/h5-8,11H,9-10H2,1-4H3,(H,19,23)(H,20,21,22). The molecule has 24 heavy (non-hydrogen) atoms. The zero-order valence-corrected chi connectivity index (χ0v) is 15.3. The molecular weight excluding hydrogens is 322 g/mol. The normalized spacial score (nSPS) is 11.2. The van der Waals surface area contributed by atoms with Crippen LogP contribution in [0.15, 0.2) is 29.6 Å². The minimum Gasteiger partial charge on any atom is -0.352 e. The molecule has 0 saturated carbocycles. The van der Waals surface area contributed by atoms with Crippen molar-refractivity contribution in [2.75, 3.05) is 11.9 Å². The lowest BCUT2D eigenvalue weighted by molar-refractivity contribution is -0.116. The molecule has 0 bridgehead atoms. The zero-order chi connectivity index (χ0) is 17.7. The van der Waals surface area contributed by atoms with Gasteiger partial charge in [0.1, 0.15) is 0 Å². The molecule has 1 aromatic heterocycles. The van der Waals surface area contributed by atoms with Gasteiger partial charge in [0.05, 0.1) is 5.69 Å². The third kappa shape index (κ3) is 4.89. The second kappa shape index (κ2) is 7.57. The maximum Gasteiger partial charge on any atom is 0.251 e. The predicted octanol–water partition coefficient (Wildman–Crippen LogP) is 3.51. The van der Waals surface area contributed by atoms with E-state index in [-0.39, 0.29) is 30.2 Å². The number of aromatic nitrogens is 1. The van der Waals surface area contributed by atoms with Gasteiger partial charge in [-0.15, -0.1) is 11.3 Å². The van der Waals surface area contributed by atoms with E-state index in [1.807, 2.05) is 30.5 Å². The number of thiazole rings is 1. The molecule has 2 rings (SSSR count). The lowest BCUT2D eigenvalue weighted by atomic mass is 9.93. The van der Waals surface area contributed by atoms with Crippen LogP contribution in [0.25, 0.3) is 0 Å². The van der Waals surface area contributed by atoms with Crippen LogP contribution in [0.4, 0.5) is 5.13 Å². The highest BCUT2D eigenvalue weighted by Crippen LogP contribution is 2.26. The van der Waals surface area contributed by atoms with Gasteiger partial charge in [-0.3, -0.25) is 9.59 Å². The minimum absolute atomic E-state index is 0.0407. The van der Waals surface area contributed by atoms with Gasteiger partial charge >= 0.3 is 0 Å². The molecule has 6 heteroatoms. The predicted molar refractivity (Wildman–Crippen MR) is 97.6 cm³/mol. The molecule has 5 nitrogen and oxygen atoms in total. The lowest BCUT2D eigenvalue weighted by Crippen LogP contribution is -2.28. The summed E-state index contributed by atoms with van der Waals surface area (Å²) in [7, 11) is 0. The Morgan fingerprint density at radius 3 is 2.54 bits per heavy atom. The Hall–Kier alpha value is -2.21. The summed E-state index contributed by atoms with van der Waals surface area (Å²) in [6.45, 7) is 8.41. The molecule has 0 aliphatic rings. The smallest absolute Gasteiger partial charge is 0.251 e. The van der Waals surface area contributed by atoms with Crippen LogP contribution in [0.1, 0.15) is 48.8 Å². The van der Waals surface area contributed by atoms with E-state index in [2.05, 4.69) is 36.4 Å². The van der Waals surface area contributed by atoms with Crippen LogP contribution < -0.4 is 10.6 Å². The summed E-state index contributed by atoms with van der Waals surface area (Å²) in [6.07, 6.45) is 0.210. The number of carbonyl (C=O) groups is 2. The maximum absolute atomic E-state index is 12.1. The average molecular weight is 345 g/mol. The molecule has 2 N–H and O–H groups in total. The van der Waals surface area contributed by atoms with Crippen LogP contribution >= 0.6 is 11.3 Å². The molecular formula is C18H23N3O2S. The van der Waals surface area contributed by atoms with Crippen molar-refractivity contribution in [1.82, 2.24) is 10.3 Å². The Kier molecular flexibility index (Phi) is 5.72. The highest BCUT2D eigenvalue weighted by atomic mass is 32.1. The second-order valence-electron chi connectivity index (χ2n) is 6.66. The Bertz CT molecular complexity index is 732. The fraction of sp³-hybridized carbons (Fsp3) is 0.389. The van der Waals surface area contributed by atoms with Gasteiger partial charge < -0.3 is 10.6 Å². The van der Waals surface area contributed by atoms with E-state index in [9.17, 15) is 9.59 Å². The van der Waals surface area contributed by atoms with Gasteiger partial charge in [-0.1, -0.05) is 39.0 Å². The number of amides is 2. The summed E-state index contributed by atoms with van der Waals surface area (Å²) in [5.41, 5.74) is 2.46. The lowest BCUT2D eigenvalue weighted by Gasteiger charge is -2.14. The van der Waals surface area contributed by atoms with Crippen molar-refractivity contribution in [3.05, 3.63) is 46.5 Å². The van der Waals surface area contributed by atoms with E-state index in [1.54, 1.807) is 6.07 Å². The number of hydrogen-bond acceptors (Lipinski definition) is 4. The highest BCUT2D eigenvalue weighted by molar-refractivity contribution is 7.13. The Labute approximate surface area is 146 Å². The molecule has 0 unspecified atom stereocenters. The number of anilines is 1. The molecule has 0 spiro atoms. The molecule has 0 aliphatic heterocycles. The summed E-state index contributed by atoms with van der Waals surface area (Å²) in [5.74, 6) is -0.319. The van der Waals surface area contributed by atoms with E-state index >= 15 is 0 Å². The largest absolute Gasteiger partial charge is 0.352 e. The number of carbonyl (C=O) groups excluding carboxylic acids is 2. The van der Waals surface area contributed by atoms with E-state index in [0.717, 1.165) is 11.3 Å². The number of nitrogens with zero attached hydrogens (tertiary/aromatic N) is 1. The molecule has 0 aliphatic carbocycles. The third-order valence-electron chi connectivity index (χ3n) is 3.55. The number of nitrogens with one attached hydrogen (secondary N) is 2. The van der Waals surface area contributed by atoms with Crippen LogP contribution in [0.2, 0.25) is 0 Å². The van der Waals surface area contributed by atoms with Gasteiger partial charge in [-0.05, 0) is 18.6 Å². The average Bonchev–Trinajstić information content (AvgIpc) is 2.96. The summed E-state index contributed by atoms with van der Waals surface area (Å²) in [4.78, 5) is 28.4. The van der Waals surface area contributed by atoms with Crippen molar-refractivity contribution in [3.8, 4) is 0 Å². The SMILES string of the molecule is Cc1ccccc1C(=O)NCCC(=O)Nc1nc(C(C)(C)C)cs1. The fourth-order valence-corrected chi connectivity index (χ4v) is 3.02. The van der Waals surface area contributed by atoms with E-state index in [1.165, 1.54) is 11.3 Å². The highest BCUT2D eigenvalue weighted by Gasteiger charge is 2.18. The van der Waals surface area contributed by atoms with Crippen LogP contribution in [0, 0.1) is 6.92 Å². The van der Waals surface area contributed by atoms with Crippen LogP contribution in [0.3, 0.4) is 0 Å². The molecule has 0 radical (unpaired) electrons. The summed E-state index contributed by atoms with van der Waals surface area (Å²) < 4.78 is 0. The van der Waals surface area contributed by atoms with Gasteiger partial charge in [0, 0.05) is 29.3 Å². The van der Waals surface area contributed by atoms with Crippen molar-refractivity contribution in [1.29, 1.82) is 0 Å². The van der Waals surface area contributed by atoms with Gasteiger partial charge in [0.15, 0.2) is 5.13 Å². The minimum atomic E-state index is -0.162. The van der Waals surface area contributed by atoms with Crippen molar-refractivity contribution in [2.45, 2.75) is 39.5 Å². The molecule has 128 valence electrons. The zero-order valence-electron chi connectivity index (χ0n) is 14.5. The monoisotopic (exact) mass is 345 g/mol. The molecule has 2 aromatic rings. The first kappa shape index (κ1) is 18.1. The summed E-state index contributed by atoms with van der Waals surface area (Å²) in [6, 6.07) is 7.37. The van der Waals surface area contributed by atoms with Gasteiger partial charge in [-0.2, -0.15) is 0 Å². The first-order chi connectivity index (χ1) is 11.3. The Morgan fingerprint density at radius 2 is 1.92 bits per heavy atom. The molecule has 0 atom stereocenters. The van der Waals surface area contributed by atoms with Crippen molar-refractivity contribution in [3.63, 3.8) is 0 Å². The van der Waals surface area contributed by atoms with Gasteiger partial charge in [0.2, 0.25) is 5.91 Å².